The molecule has 5 nitrogen and oxygen atoms in total. The van der Waals surface area contributed by atoms with Gasteiger partial charge in [-0.3, -0.25) is 9.20 Å². The van der Waals surface area contributed by atoms with Crippen LogP contribution in [0.3, 0.4) is 0 Å². The number of nitrogens with zero attached hydrogens (tertiary/aromatic N) is 2. The molecular formula is C18H19N3O2S. The SMILES string of the molecule is COc1ccc(CCNC(=O)CSc2ncc3ccccn23)cc1. The molecule has 0 aliphatic carbocycles. The summed E-state index contributed by atoms with van der Waals surface area (Å²) >= 11 is 1.44. The first-order valence-electron chi connectivity index (χ1n) is 7.71. The molecule has 24 heavy (non-hydrogen) atoms. The van der Waals surface area contributed by atoms with Crippen molar-refractivity contribution >= 4 is 23.2 Å². The van der Waals surface area contributed by atoms with E-state index in [1.54, 1.807) is 7.11 Å². The zero-order valence-corrected chi connectivity index (χ0v) is 14.3. The van der Waals surface area contributed by atoms with Crippen molar-refractivity contribution in [2.75, 3.05) is 19.4 Å². The number of imidazole rings is 1. The standard InChI is InChI=1S/C18H19N3O2S/c1-23-16-7-5-14(6-8-16)9-10-19-17(22)13-24-18-20-12-15-4-2-3-11-21(15)18/h2-8,11-12H,9-10,13H2,1H3,(H,19,22). The van der Waals surface area contributed by atoms with E-state index in [1.165, 1.54) is 17.3 Å². The Morgan fingerprint density at radius 2 is 2.08 bits per heavy atom. The fourth-order valence-electron chi connectivity index (χ4n) is 2.35. The van der Waals surface area contributed by atoms with Gasteiger partial charge in [0.05, 0.1) is 24.6 Å². The minimum atomic E-state index is 0.0150. The number of amides is 1. The van der Waals surface area contributed by atoms with Crippen LogP contribution in [0.15, 0.2) is 60.0 Å². The van der Waals surface area contributed by atoms with Gasteiger partial charge < -0.3 is 10.1 Å². The summed E-state index contributed by atoms with van der Waals surface area (Å²) in [5.41, 5.74) is 2.20. The van der Waals surface area contributed by atoms with Crippen LogP contribution in [-0.4, -0.2) is 34.7 Å². The molecule has 0 unspecified atom stereocenters. The van der Waals surface area contributed by atoms with E-state index in [-0.39, 0.29) is 5.91 Å². The Bertz CT molecular complexity index is 815. The van der Waals surface area contributed by atoms with Crippen LogP contribution in [0.2, 0.25) is 0 Å². The van der Waals surface area contributed by atoms with Gasteiger partial charge in [-0.05, 0) is 36.2 Å². The van der Waals surface area contributed by atoms with Gasteiger partial charge in [0.15, 0.2) is 5.16 Å². The number of hydrogen-bond acceptors (Lipinski definition) is 4. The number of aromatic nitrogens is 2. The highest BCUT2D eigenvalue weighted by Gasteiger charge is 2.07. The molecule has 0 saturated heterocycles. The second-order valence-electron chi connectivity index (χ2n) is 5.27. The Labute approximate surface area is 145 Å². The number of fused-ring (bicyclic) bond motifs is 1. The lowest BCUT2D eigenvalue weighted by atomic mass is 10.1. The summed E-state index contributed by atoms with van der Waals surface area (Å²) in [6.45, 7) is 0.619. The molecule has 124 valence electrons. The van der Waals surface area contributed by atoms with E-state index in [2.05, 4.69) is 10.3 Å². The first-order chi connectivity index (χ1) is 11.8. The summed E-state index contributed by atoms with van der Waals surface area (Å²) in [6, 6.07) is 13.8. The van der Waals surface area contributed by atoms with Crippen molar-refractivity contribution in [1.29, 1.82) is 0 Å². The van der Waals surface area contributed by atoms with Crippen LogP contribution in [0.25, 0.3) is 5.52 Å². The number of methoxy groups -OCH3 is 1. The lowest BCUT2D eigenvalue weighted by Gasteiger charge is -2.06. The van der Waals surface area contributed by atoms with Crippen molar-refractivity contribution in [3.63, 3.8) is 0 Å². The smallest absolute Gasteiger partial charge is 0.230 e. The van der Waals surface area contributed by atoms with Crippen molar-refractivity contribution < 1.29 is 9.53 Å². The van der Waals surface area contributed by atoms with Gasteiger partial charge in [-0.1, -0.05) is 30.0 Å². The molecule has 0 aliphatic rings. The van der Waals surface area contributed by atoms with Crippen LogP contribution in [0.1, 0.15) is 5.56 Å². The Kier molecular flexibility index (Phi) is 5.38. The summed E-state index contributed by atoms with van der Waals surface area (Å²) in [4.78, 5) is 16.3. The largest absolute Gasteiger partial charge is 0.497 e. The highest BCUT2D eigenvalue weighted by Crippen LogP contribution is 2.17. The van der Waals surface area contributed by atoms with Gasteiger partial charge in [0.1, 0.15) is 5.75 Å². The molecule has 0 bridgehead atoms. The number of nitrogens with one attached hydrogen (secondary N) is 1. The maximum absolute atomic E-state index is 12.0. The lowest BCUT2D eigenvalue weighted by Crippen LogP contribution is -2.27. The van der Waals surface area contributed by atoms with Gasteiger partial charge in [0, 0.05) is 12.7 Å². The van der Waals surface area contributed by atoms with E-state index >= 15 is 0 Å². The van der Waals surface area contributed by atoms with Crippen LogP contribution < -0.4 is 10.1 Å². The second-order valence-corrected chi connectivity index (χ2v) is 6.22. The van der Waals surface area contributed by atoms with Crippen LogP contribution in [-0.2, 0) is 11.2 Å². The molecule has 0 aliphatic heterocycles. The third-order valence-electron chi connectivity index (χ3n) is 3.63. The second kappa shape index (κ2) is 7.88. The molecule has 3 aromatic rings. The monoisotopic (exact) mass is 341 g/mol. The molecule has 2 heterocycles. The van der Waals surface area contributed by atoms with Crippen molar-refractivity contribution in [3.8, 4) is 5.75 Å². The first-order valence-corrected chi connectivity index (χ1v) is 8.69. The molecular weight excluding hydrogens is 322 g/mol. The van der Waals surface area contributed by atoms with Crippen LogP contribution >= 0.6 is 11.8 Å². The fourth-order valence-corrected chi connectivity index (χ4v) is 3.14. The van der Waals surface area contributed by atoms with Gasteiger partial charge in [-0.15, -0.1) is 0 Å². The molecule has 2 aromatic heterocycles. The van der Waals surface area contributed by atoms with E-state index in [9.17, 15) is 4.79 Å². The molecule has 0 fully saturated rings. The number of carbonyl (C=O) groups is 1. The molecule has 0 radical (unpaired) electrons. The van der Waals surface area contributed by atoms with Gasteiger partial charge in [0.25, 0.3) is 0 Å². The summed E-state index contributed by atoms with van der Waals surface area (Å²) in [5.74, 6) is 1.21. The van der Waals surface area contributed by atoms with Gasteiger partial charge in [0.2, 0.25) is 5.91 Å². The number of ether oxygens (including phenoxy) is 1. The van der Waals surface area contributed by atoms with E-state index < -0.39 is 0 Å². The number of thioether (sulfide) groups is 1. The molecule has 0 saturated carbocycles. The Hall–Kier alpha value is -2.47. The molecule has 0 spiro atoms. The van der Waals surface area contributed by atoms with Crippen molar-refractivity contribution in [1.82, 2.24) is 14.7 Å². The number of rotatable bonds is 7. The predicted octanol–water partition coefficient (Wildman–Crippen LogP) is 2.79. The normalized spacial score (nSPS) is 10.7. The van der Waals surface area contributed by atoms with E-state index in [4.69, 9.17) is 4.74 Å². The molecule has 1 amide bonds. The fraction of sp³-hybridized carbons (Fsp3) is 0.222. The third kappa shape index (κ3) is 4.08. The average molecular weight is 341 g/mol. The molecule has 6 heteroatoms. The van der Waals surface area contributed by atoms with Crippen molar-refractivity contribution in [2.45, 2.75) is 11.6 Å². The van der Waals surface area contributed by atoms with Crippen molar-refractivity contribution in [2.24, 2.45) is 0 Å². The Morgan fingerprint density at radius 3 is 2.88 bits per heavy atom. The first kappa shape index (κ1) is 16.4. The summed E-state index contributed by atoms with van der Waals surface area (Å²) in [5, 5.41) is 3.77. The zero-order valence-electron chi connectivity index (χ0n) is 13.4. The van der Waals surface area contributed by atoms with Crippen LogP contribution in [0.5, 0.6) is 5.75 Å². The summed E-state index contributed by atoms with van der Waals surface area (Å²) in [6.07, 6.45) is 4.56. The van der Waals surface area contributed by atoms with Crippen molar-refractivity contribution in [3.05, 3.63) is 60.4 Å². The quantitative estimate of drug-likeness (QED) is 0.672. The number of carbonyl (C=O) groups excluding carboxylic acids is 1. The Morgan fingerprint density at radius 1 is 1.25 bits per heavy atom. The average Bonchev–Trinajstić information content (AvgIpc) is 3.04. The van der Waals surface area contributed by atoms with Gasteiger partial charge in [-0.25, -0.2) is 4.98 Å². The van der Waals surface area contributed by atoms with Crippen LogP contribution in [0.4, 0.5) is 0 Å². The number of benzene rings is 1. The highest BCUT2D eigenvalue weighted by molar-refractivity contribution is 7.99. The van der Waals surface area contributed by atoms with E-state index in [1.807, 2.05) is 59.3 Å². The van der Waals surface area contributed by atoms with E-state index in [0.717, 1.165) is 22.8 Å². The minimum absolute atomic E-state index is 0.0150. The summed E-state index contributed by atoms with van der Waals surface area (Å²) in [7, 11) is 1.65. The van der Waals surface area contributed by atoms with Gasteiger partial charge in [-0.2, -0.15) is 0 Å². The Balaban J connectivity index is 1.44. The molecule has 1 N–H and O–H groups in total. The van der Waals surface area contributed by atoms with Gasteiger partial charge >= 0.3 is 0 Å². The number of pyridine rings is 1. The maximum Gasteiger partial charge on any atom is 0.230 e. The third-order valence-corrected chi connectivity index (χ3v) is 4.60. The predicted molar refractivity (Wildman–Crippen MR) is 95.6 cm³/mol. The maximum atomic E-state index is 12.0. The lowest BCUT2D eigenvalue weighted by molar-refractivity contribution is -0.118. The summed E-state index contributed by atoms with van der Waals surface area (Å²) < 4.78 is 7.11. The van der Waals surface area contributed by atoms with Crippen LogP contribution in [0, 0.1) is 0 Å². The molecule has 1 aromatic carbocycles. The highest BCUT2D eigenvalue weighted by atomic mass is 32.2. The molecule has 3 rings (SSSR count). The zero-order chi connectivity index (χ0) is 16.8. The topological polar surface area (TPSA) is 55.6 Å². The van der Waals surface area contributed by atoms with E-state index in [0.29, 0.717) is 12.3 Å². The number of hydrogen-bond donors (Lipinski definition) is 1. The minimum Gasteiger partial charge on any atom is -0.497 e. The molecule has 0 atom stereocenters.